The number of para-hydroxylation sites is 2. The molecule has 5 aromatic rings. The first-order valence-electron chi connectivity index (χ1n) is 15.1. The van der Waals surface area contributed by atoms with E-state index in [0.717, 1.165) is 21.6 Å². The van der Waals surface area contributed by atoms with Crippen LogP contribution in [0, 0.1) is 0 Å². The van der Waals surface area contributed by atoms with Gasteiger partial charge in [0.25, 0.3) is 10.2 Å². The van der Waals surface area contributed by atoms with E-state index in [1.807, 2.05) is 109 Å². The van der Waals surface area contributed by atoms with E-state index < -0.39 is 34.5 Å². The van der Waals surface area contributed by atoms with Crippen molar-refractivity contribution in [2.75, 3.05) is 13.2 Å². The zero-order chi connectivity index (χ0) is 31.9. The topological polar surface area (TPSA) is 99.5 Å². The minimum absolute atomic E-state index is 0.0340. The van der Waals surface area contributed by atoms with E-state index in [1.165, 1.54) is 8.61 Å². The number of benzene rings is 4. The van der Waals surface area contributed by atoms with E-state index in [0.29, 0.717) is 11.5 Å². The molecular weight excluding hydrogens is 621 g/mol. The molecule has 0 bridgehead atoms. The molecule has 0 saturated carbocycles. The first-order valence-corrected chi connectivity index (χ1v) is 17.3. The van der Waals surface area contributed by atoms with E-state index in [9.17, 15) is 18.6 Å². The van der Waals surface area contributed by atoms with Crippen molar-refractivity contribution >= 4 is 21.5 Å². The van der Waals surface area contributed by atoms with E-state index >= 15 is 0 Å². The molecular formula is C36H36N2O6S2. The second-order valence-corrected chi connectivity index (χ2v) is 13.9. The fourth-order valence-electron chi connectivity index (χ4n) is 5.64. The lowest BCUT2D eigenvalue weighted by molar-refractivity contribution is -0.0565. The predicted molar refractivity (Wildman–Crippen MR) is 180 cm³/mol. The molecule has 2 N–H and O–H groups in total. The molecule has 1 saturated heterocycles. The number of ether oxygens (including phenoxy) is 2. The molecule has 1 aliphatic rings. The molecule has 2 unspecified atom stereocenters. The van der Waals surface area contributed by atoms with Crippen LogP contribution in [0.2, 0.25) is 0 Å². The van der Waals surface area contributed by atoms with Crippen molar-refractivity contribution < 1.29 is 28.1 Å². The molecule has 0 aliphatic carbocycles. The lowest BCUT2D eigenvalue weighted by Crippen LogP contribution is -2.52. The summed E-state index contributed by atoms with van der Waals surface area (Å²) in [5.74, 6) is 1.05. The van der Waals surface area contributed by atoms with Crippen LogP contribution in [0.15, 0.2) is 133 Å². The lowest BCUT2D eigenvalue weighted by Gasteiger charge is -2.34. The third-order valence-electron chi connectivity index (χ3n) is 8.05. The highest BCUT2D eigenvalue weighted by Crippen LogP contribution is 2.33. The Morgan fingerprint density at radius 1 is 0.609 bits per heavy atom. The first kappa shape index (κ1) is 31.9. The standard InChI is InChI=1S/C36H36N2O6S2/c39-35-32(25-43-30-16-6-2-7-17-30)37(23-27-12-4-1-5-13-27)46(41,42)38(33(36(35)40)26-44-31-18-8-3-9-19-31)24-28-14-10-15-29(22-28)34-20-11-21-45-34/h1-22,32-33,35-36,39-40H,23-26H2/t32-,33?,35+,36?/m0/s1. The van der Waals surface area contributed by atoms with Gasteiger partial charge in [-0.15, -0.1) is 11.3 Å². The molecule has 10 heteroatoms. The quantitative estimate of drug-likeness (QED) is 0.192. The maximum atomic E-state index is 14.9. The van der Waals surface area contributed by atoms with Crippen molar-refractivity contribution in [1.82, 2.24) is 8.61 Å². The number of aliphatic hydroxyl groups is 2. The fourth-order valence-corrected chi connectivity index (χ4v) is 8.31. The van der Waals surface area contributed by atoms with Crippen molar-refractivity contribution in [2.45, 2.75) is 37.4 Å². The van der Waals surface area contributed by atoms with Crippen LogP contribution in [0.1, 0.15) is 11.1 Å². The number of hydrogen-bond acceptors (Lipinski definition) is 7. The molecule has 1 aromatic heterocycles. The van der Waals surface area contributed by atoms with Gasteiger partial charge in [-0.25, -0.2) is 0 Å². The van der Waals surface area contributed by atoms with Gasteiger partial charge in [-0.2, -0.15) is 17.0 Å². The summed E-state index contributed by atoms with van der Waals surface area (Å²) in [7, 11) is -4.35. The molecule has 1 fully saturated rings. The van der Waals surface area contributed by atoms with Gasteiger partial charge in [-0.05, 0) is 58.5 Å². The summed E-state index contributed by atoms with van der Waals surface area (Å²) in [5.41, 5.74) is 2.43. The number of aliphatic hydroxyl groups excluding tert-OH is 2. The Hall–Kier alpha value is -4.03. The second-order valence-electron chi connectivity index (χ2n) is 11.1. The van der Waals surface area contributed by atoms with E-state index in [-0.39, 0.29) is 26.3 Å². The molecule has 8 nitrogen and oxygen atoms in total. The number of nitrogens with zero attached hydrogens (tertiary/aromatic N) is 2. The van der Waals surface area contributed by atoms with Crippen LogP contribution < -0.4 is 9.47 Å². The molecule has 0 amide bonds. The van der Waals surface area contributed by atoms with Crippen LogP contribution in [0.3, 0.4) is 0 Å². The summed E-state index contributed by atoms with van der Waals surface area (Å²) in [5, 5.41) is 25.6. The normalized spacial score (nSPS) is 21.8. The minimum atomic E-state index is -4.35. The zero-order valence-electron chi connectivity index (χ0n) is 25.1. The summed E-state index contributed by atoms with van der Waals surface area (Å²) >= 11 is 1.60. The van der Waals surface area contributed by atoms with Crippen LogP contribution in [-0.2, 0) is 23.3 Å². The van der Waals surface area contributed by atoms with E-state index in [4.69, 9.17) is 9.47 Å². The third kappa shape index (κ3) is 7.33. The van der Waals surface area contributed by atoms with Gasteiger partial charge in [-0.1, -0.05) is 91.0 Å². The number of rotatable bonds is 11. The third-order valence-corrected chi connectivity index (χ3v) is 11.0. The van der Waals surface area contributed by atoms with Gasteiger partial charge in [0.2, 0.25) is 0 Å². The highest BCUT2D eigenvalue weighted by molar-refractivity contribution is 7.86. The Morgan fingerprint density at radius 3 is 1.63 bits per heavy atom. The second kappa shape index (κ2) is 14.6. The van der Waals surface area contributed by atoms with Gasteiger partial charge in [0.05, 0.1) is 12.1 Å². The summed E-state index contributed by atoms with van der Waals surface area (Å²) < 4.78 is 44.4. The van der Waals surface area contributed by atoms with Gasteiger partial charge in [0.15, 0.2) is 0 Å². The van der Waals surface area contributed by atoms with Crippen molar-refractivity contribution in [3.8, 4) is 21.9 Å². The molecule has 0 radical (unpaired) electrons. The van der Waals surface area contributed by atoms with Crippen LogP contribution in [0.4, 0.5) is 0 Å². The van der Waals surface area contributed by atoms with Gasteiger partial charge in [0, 0.05) is 18.0 Å². The monoisotopic (exact) mass is 656 g/mol. The summed E-state index contributed by atoms with van der Waals surface area (Å²) in [4.78, 5) is 1.06. The Balaban J connectivity index is 1.41. The van der Waals surface area contributed by atoms with Gasteiger partial charge >= 0.3 is 0 Å². The van der Waals surface area contributed by atoms with E-state index in [2.05, 4.69) is 0 Å². The van der Waals surface area contributed by atoms with Crippen LogP contribution >= 0.6 is 11.3 Å². The Bertz CT molecular complexity index is 1770. The Labute approximate surface area is 273 Å². The summed E-state index contributed by atoms with van der Waals surface area (Å²) in [6.07, 6.45) is -2.99. The zero-order valence-corrected chi connectivity index (χ0v) is 26.7. The molecule has 0 spiro atoms. The maximum absolute atomic E-state index is 14.9. The van der Waals surface area contributed by atoms with Crippen molar-refractivity contribution in [3.05, 3.63) is 144 Å². The maximum Gasteiger partial charge on any atom is 0.283 e. The number of hydrogen-bond donors (Lipinski definition) is 2. The van der Waals surface area contributed by atoms with Gasteiger partial charge in [-0.3, -0.25) is 0 Å². The molecule has 6 rings (SSSR count). The average molecular weight is 657 g/mol. The highest BCUT2D eigenvalue weighted by atomic mass is 32.2. The largest absolute Gasteiger partial charge is 0.492 e. The van der Waals surface area contributed by atoms with Crippen LogP contribution in [0.5, 0.6) is 11.5 Å². The van der Waals surface area contributed by atoms with Crippen molar-refractivity contribution in [3.63, 3.8) is 0 Å². The first-order chi connectivity index (χ1) is 22.4. The number of thiophene rings is 1. The van der Waals surface area contributed by atoms with Crippen LogP contribution in [-0.4, -0.2) is 64.7 Å². The molecule has 2 heterocycles. The van der Waals surface area contributed by atoms with Crippen molar-refractivity contribution in [2.24, 2.45) is 0 Å². The Kier molecular flexibility index (Phi) is 10.1. The minimum Gasteiger partial charge on any atom is -0.492 e. The van der Waals surface area contributed by atoms with Gasteiger partial charge < -0.3 is 19.7 Å². The molecule has 4 atom stereocenters. The highest BCUT2D eigenvalue weighted by Gasteiger charge is 2.51. The lowest BCUT2D eigenvalue weighted by atomic mass is 9.99. The van der Waals surface area contributed by atoms with Gasteiger partial charge in [0.1, 0.15) is 36.9 Å². The van der Waals surface area contributed by atoms with E-state index in [1.54, 1.807) is 35.6 Å². The van der Waals surface area contributed by atoms with Crippen molar-refractivity contribution in [1.29, 1.82) is 0 Å². The molecule has 238 valence electrons. The SMILES string of the molecule is O=S1(=O)N(Cc2cccc(-c3cccs3)c2)C(COc2ccccc2)C(O)[C@H](O)[C@H](COc2ccccc2)N1Cc1ccccc1. The molecule has 4 aromatic carbocycles. The molecule has 1 aliphatic heterocycles. The summed E-state index contributed by atoms with van der Waals surface area (Å²) in [6, 6.07) is 36.7. The molecule has 46 heavy (non-hydrogen) atoms. The smallest absolute Gasteiger partial charge is 0.283 e. The predicted octanol–water partition coefficient (Wildman–Crippen LogP) is 5.59. The fraction of sp³-hybridized carbons (Fsp3) is 0.222. The summed E-state index contributed by atoms with van der Waals surface area (Å²) in [6.45, 7) is -0.445. The average Bonchev–Trinajstić information content (AvgIpc) is 3.63. The van der Waals surface area contributed by atoms with Crippen LogP contribution in [0.25, 0.3) is 10.4 Å². The Morgan fingerprint density at radius 2 is 1.11 bits per heavy atom.